The van der Waals surface area contributed by atoms with Gasteiger partial charge in [-0.25, -0.2) is 0 Å². The van der Waals surface area contributed by atoms with Crippen LogP contribution in [0, 0.1) is 6.92 Å². The molecule has 0 bridgehead atoms. The van der Waals surface area contributed by atoms with Gasteiger partial charge in [-0.3, -0.25) is 9.59 Å². The van der Waals surface area contributed by atoms with Gasteiger partial charge in [-0.05, 0) is 36.8 Å². The number of nitrogens with one attached hydrogen (secondary N) is 2. The number of amides is 2. The molecule has 22 heavy (non-hydrogen) atoms. The Morgan fingerprint density at radius 1 is 1.23 bits per heavy atom. The maximum atomic E-state index is 11.8. The topological polar surface area (TPSA) is 80.6 Å². The van der Waals surface area contributed by atoms with Crippen molar-refractivity contribution >= 4 is 17.5 Å². The zero-order valence-electron chi connectivity index (χ0n) is 12.5. The Hall–Kier alpha value is -2.60. The molecule has 1 heterocycles. The Balaban J connectivity index is 1.87. The third-order valence-electron chi connectivity index (χ3n) is 3.08. The van der Waals surface area contributed by atoms with E-state index in [0.29, 0.717) is 11.4 Å². The number of furan rings is 1. The Morgan fingerprint density at radius 2 is 2.05 bits per heavy atom. The highest BCUT2D eigenvalue weighted by atomic mass is 16.5. The molecule has 2 aromatic rings. The van der Waals surface area contributed by atoms with Crippen molar-refractivity contribution in [3.8, 4) is 0 Å². The van der Waals surface area contributed by atoms with Gasteiger partial charge in [0.2, 0.25) is 0 Å². The average molecular weight is 302 g/mol. The van der Waals surface area contributed by atoms with Gasteiger partial charge in [-0.2, -0.15) is 0 Å². The number of carbonyl (C=O) groups excluding carboxylic acids is 2. The van der Waals surface area contributed by atoms with Gasteiger partial charge in [0.1, 0.15) is 11.9 Å². The Labute approximate surface area is 128 Å². The number of hydrogen-bond donors (Lipinski definition) is 2. The van der Waals surface area contributed by atoms with Gasteiger partial charge in [0.05, 0.1) is 12.8 Å². The van der Waals surface area contributed by atoms with Crippen LogP contribution in [0.5, 0.6) is 0 Å². The maximum Gasteiger partial charge on any atom is 0.313 e. The van der Waals surface area contributed by atoms with Crippen LogP contribution in [0.25, 0.3) is 0 Å². The predicted octanol–water partition coefficient (Wildman–Crippen LogP) is 2.03. The summed E-state index contributed by atoms with van der Waals surface area (Å²) in [6.45, 7) is 2.05. The van der Waals surface area contributed by atoms with Crippen LogP contribution in [0.1, 0.15) is 17.4 Å². The number of benzene rings is 1. The second kappa shape index (κ2) is 7.42. The first-order chi connectivity index (χ1) is 10.6. The van der Waals surface area contributed by atoms with E-state index in [-0.39, 0.29) is 6.54 Å². The molecule has 2 N–H and O–H groups in total. The van der Waals surface area contributed by atoms with Gasteiger partial charge in [0, 0.05) is 12.8 Å². The van der Waals surface area contributed by atoms with E-state index in [0.717, 1.165) is 5.56 Å². The number of rotatable bonds is 5. The van der Waals surface area contributed by atoms with Crippen LogP contribution in [0.4, 0.5) is 5.69 Å². The minimum absolute atomic E-state index is 0.143. The second-order valence-electron chi connectivity index (χ2n) is 4.77. The van der Waals surface area contributed by atoms with Gasteiger partial charge in [0.15, 0.2) is 0 Å². The Kier molecular flexibility index (Phi) is 5.32. The first kappa shape index (κ1) is 15.8. The van der Waals surface area contributed by atoms with Gasteiger partial charge in [0.25, 0.3) is 0 Å². The van der Waals surface area contributed by atoms with Crippen molar-refractivity contribution in [2.75, 3.05) is 19.0 Å². The van der Waals surface area contributed by atoms with E-state index in [1.807, 2.05) is 13.0 Å². The molecule has 6 nitrogen and oxygen atoms in total. The largest absolute Gasteiger partial charge is 0.467 e. The molecule has 0 fully saturated rings. The van der Waals surface area contributed by atoms with Crippen molar-refractivity contribution in [3.63, 3.8) is 0 Å². The van der Waals surface area contributed by atoms with Crippen molar-refractivity contribution < 1.29 is 18.7 Å². The van der Waals surface area contributed by atoms with Crippen molar-refractivity contribution in [1.29, 1.82) is 0 Å². The van der Waals surface area contributed by atoms with Gasteiger partial charge in [-0.1, -0.05) is 12.1 Å². The fourth-order valence-corrected chi connectivity index (χ4v) is 1.95. The predicted molar refractivity (Wildman–Crippen MR) is 81.3 cm³/mol. The number of anilines is 1. The summed E-state index contributed by atoms with van der Waals surface area (Å²) in [7, 11) is 1.51. The molecule has 6 heteroatoms. The molecule has 1 atom stereocenters. The molecule has 0 saturated heterocycles. The zero-order chi connectivity index (χ0) is 15.9. The lowest BCUT2D eigenvalue weighted by molar-refractivity contribution is -0.136. The first-order valence-electron chi connectivity index (χ1n) is 6.82. The average Bonchev–Trinajstić information content (AvgIpc) is 3.02. The monoisotopic (exact) mass is 302 g/mol. The van der Waals surface area contributed by atoms with Crippen molar-refractivity contribution in [1.82, 2.24) is 5.32 Å². The van der Waals surface area contributed by atoms with Crippen molar-refractivity contribution in [2.45, 2.75) is 13.0 Å². The summed E-state index contributed by atoms with van der Waals surface area (Å²) >= 11 is 0. The fourth-order valence-electron chi connectivity index (χ4n) is 1.95. The molecule has 0 aliphatic heterocycles. The molecular weight excluding hydrogens is 284 g/mol. The molecular formula is C16H18N2O4. The lowest BCUT2D eigenvalue weighted by Gasteiger charge is -2.13. The number of aryl methyl sites for hydroxylation is 1. The minimum Gasteiger partial charge on any atom is -0.467 e. The normalized spacial score (nSPS) is 11.7. The zero-order valence-corrected chi connectivity index (χ0v) is 12.5. The smallest absolute Gasteiger partial charge is 0.313 e. The van der Waals surface area contributed by atoms with Gasteiger partial charge >= 0.3 is 11.8 Å². The number of methoxy groups -OCH3 is 1. The molecule has 2 rings (SSSR count). The molecule has 2 amide bonds. The summed E-state index contributed by atoms with van der Waals surface area (Å²) in [5.41, 5.74) is 1.57. The summed E-state index contributed by atoms with van der Waals surface area (Å²) in [6.07, 6.45) is 1.08. The highest BCUT2D eigenvalue weighted by molar-refractivity contribution is 6.39. The first-order valence-corrected chi connectivity index (χ1v) is 6.82. The maximum absolute atomic E-state index is 11.8. The fraction of sp³-hybridized carbons (Fsp3) is 0.250. The van der Waals surface area contributed by atoms with Crippen LogP contribution in [0.2, 0.25) is 0 Å². The van der Waals surface area contributed by atoms with Crippen LogP contribution < -0.4 is 10.6 Å². The highest BCUT2D eigenvalue weighted by Crippen LogP contribution is 2.15. The second-order valence-corrected chi connectivity index (χ2v) is 4.77. The molecule has 0 radical (unpaired) electrons. The molecule has 1 aromatic heterocycles. The molecule has 0 aliphatic rings. The van der Waals surface area contributed by atoms with Gasteiger partial charge < -0.3 is 19.8 Å². The quantitative estimate of drug-likeness (QED) is 0.828. The lowest BCUT2D eigenvalue weighted by Crippen LogP contribution is -2.37. The molecule has 1 aromatic carbocycles. The van der Waals surface area contributed by atoms with Crippen LogP contribution in [0.3, 0.4) is 0 Å². The number of hydrogen-bond acceptors (Lipinski definition) is 4. The standard InChI is InChI=1S/C16H18N2O4/c1-11-5-3-6-12(9-11)18-16(20)15(19)17-10-14(21-2)13-7-4-8-22-13/h3-9,14H,10H2,1-2H3,(H,17,19)(H,18,20). The highest BCUT2D eigenvalue weighted by Gasteiger charge is 2.18. The summed E-state index contributed by atoms with van der Waals surface area (Å²) in [5, 5.41) is 5.06. The van der Waals surface area contributed by atoms with Crippen LogP contribution in [-0.4, -0.2) is 25.5 Å². The number of ether oxygens (including phenoxy) is 1. The Bertz CT molecular complexity index is 637. The SMILES string of the molecule is COC(CNC(=O)C(=O)Nc1cccc(C)c1)c1ccco1. The Morgan fingerprint density at radius 3 is 2.68 bits per heavy atom. The molecule has 0 aliphatic carbocycles. The summed E-state index contributed by atoms with van der Waals surface area (Å²) in [4.78, 5) is 23.6. The van der Waals surface area contributed by atoms with E-state index in [1.54, 1.807) is 30.3 Å². The minimum atomic E-state index is -0.727. The third kappa shape index (κ3) is 4.20. The van der Waals surface area contributed by atoms with E-state index in [4.69, 9.17) is 9.15 Å². The molecule has 116 valence electrons. The van der Waals surface area contributed by atoms with Crippen molar-refractivity contribution in [2.24, 2.45) is 0 Å². The van der Waals surface area contributed by atoms with E-state index < -0.39 is 17.9 Å². The van der Waals surface area contributed by atoms with Crippen LogP contribution in [0.15, 0.2) is 47.1 Å². The van der Waals surface area contributed by atoms with Gasteiger partial charge in [-0.15, -0.1) is 0 Å². The summed E-state index contributed by atoms with van der Waals surface area (Å²) in [6, 6.07) is 10.7. The lowest BCUT2D eigenvalue weighted by atomic mass is 10.2. The van der Waals surface area contributed by atoms with E-state index >= 15 is 0 Å². The summed E-state index contributed by atoms with van der Waals surface area (Å²) < 4.78 is 10.4. The third-order valence-corrected chi connectivity index (χ3v) is 3.08. The van der Waals surface area contributed by atoms with E-state index in [9.17, 15) is 9.59 Å². The number of carbonyl (C=O) groups is 2. The van der Waals surface area contributed by atoms with Crippen LogP contribution >= 0.6 is 0 Å². The molecule has 1 unspecified atom stereocenters. The van der Waals surface area contributed by atoms with E-state index in [1.165, 1.54) is 13.4 Å². The summed E-state index contributed by atoms with van der Waals surface area (Å²) in [5.74, 6) is -0.864. The molecule has 0 saturated carbocycles. The van der Waals surface area contributed by atoms with E-state index in [2.05, 4.69) is 10.6 Å². The molecule has 0 spiro atoms. The van der Waals surface area contributed by atoms with Crippen LogP contribution in [-0.2, 0) is 14.3 Å². The van der Waals surface area contributed by atoms with Crippen molar-refractivity contribution in [3.05, 3.63) is 54.0 Å².